The van der Waals surface area contributed by atoms with Gasteiger partial charge < -0.3 is 14.8 Å². The summed E-state index contributed by atoms with van der Waals surface area (Å²) < 4.78 is 0. The van der Waals surface area contributed by atoms with E-state index in [2.05, 4.69) is 9.88 Å². The first-order valence-electron chi connectivity index (χ1n) is 8.45. The molecule has 0 aliphatic carbocycles. The molecule has 1 saturated heterocycles. The number of phenolic OH excluding ortho intramolecular Hbond substituents is 1. The van der Waals surface area contributed by atoms with Crippen LogP contribution in [-0.4, -0.2) is 53.4 Å². The van der Waals surface area contributed by atoms with Crippen molar-refractivity contribution in [1.29, 1.82) is 0 Å². The highest BCUT2D eigenvalue weighted by atomic mass is 35.5. The van der Waals surface area contributed by atoms with Crippen molar-refractivity contribution in [3.63, 3.8) is 0 Å². The van der Waals surface area contributed by atoms with Crippen LogP contribution in [0.15, 0.2) is 42.5 Å². The Bertz CT molecular complexity index is 942. The van der Waals surface area contributed by atoms with E-state index in [0.29, 0.717) is 16.4 Å². The quantitative estimate of drug-likeness (QED) is 0.763. The van der Waals surface area contributed by atoms with Gasteiger partial charge in [0.1, 0.15) is 11.6 Å². The second kappa shape index (κ2) is 7.07. The van der Waals surface area contributed by atoms with Crippen molar-refractivity contribution in [3.05, 3.63) is 47.5 Å². The molecular formula is C19H19ClN4O2. The third-order valence-corrected chi connectivity index (χ3v) is 4.82. The predicted octanol–water partition coefficient (Wildman–Crippen LogP) is 3.34. The van der Waals surface area contributed by atoms with E-state index in [1.54, 1.807) is 19.2 Å². The summed E-state index contributed by atoms with van der Waals surface area (Å²) in [5.41, 5.74) is 1.36. The van der Waals surface area contributed by atoms with E-state index < -0.39 is 0 Å². The summed E-state index contributed by atoms with van der Waals surface area (Å²) in [6.07, 6.45) is 0. The second-order valence-electron chi connectivity index (χ2n) is 6.15. The first-order chi connectivity index (χ1) is 12.7. The molecule has 6 nitrogen and oxygen atoms in total. The van der Waals surface area contributed by atoms with Crippen LogP contribution in [0.3, 0.4) is 0 Å². The Kier molecular flexibility index (Phi) is 4.63. The highest BCUT2D eigenvalue weighted by Crippen LogP contribution is 2.32. The Hall–Kier alpha value is -2.41. The number of piperazine rings is 1. The zero-order chi connectivity index (χ0) is 18.1. The molecular weight excluding hydrogens is 352 g/mol. The van der Waals surface area contributed by atoms with Crippen molar-refractivity contribution in [2.45, 2.75) is 0 Å². The highest BCUT2D eigenvalue weighted by molar-refractivity contribution is 6.31. The van der Waals surface area contributed by atoms with E-state index >= 15 is 0 Å². The van der Waals surface area contributed by atoms with Gasteiger partial charge in [0, 0.05) is 36.6 Å². The Morgan fingerprint density at radius 2 is 1.81 bits per heavy atom. The summed E-state index contributed by atoms with van der Waals surface area (Å²) in [6, 6.07) is 12.7. The lowest BCUT2D eigenvalue weighted by atomic mass is 10.1. The van der Waals surface area contributed by atoms with Crippen LogP contribution in [0.5, 0.6) is 5.75 Å². The summed E-state index contributed by atoms with van der Waals surface area (Å²) in [5, 5.41) is 13.7. The molecule has 3 aromatic rings. The number of anilines is 1. The molecule has 0 spiro atoms. The van der Waals surface area contributed by atoms with Crippen LogP contribution in [0.4, 0.5) is 5.82 Å². The molecule has 0 atom stereocenters. The van der Waals surface area contributed by atoms with Gasteiger partial charge in [0.15, 0.2) is 5.82 Å². The Morgan fingerprint density at radius 1 is 1.04 bits per heavy atom. The first-order valence-corrected chi connectivity index (χ1v) is 8.83. The average molecular weight is 371 g/mol. The van der Waals surface area contributed by atoms with Crippen LogP contribution < -0.4 is 4.90 Å². The third kappa shape index (κ3) is 3.19. The Labute approximate surface area is 156 Å². The van der Waals surface area contributed by atoms with Crippen molar-refractivity contribution in [1.82, 2.24) is 15.0 Å². The number of hydroxylamine groups is 2. The number of halogens is 1. The van der Waals surface area contributed by atoms with E-state index in [9.17, 15) is 5.11 Å². The number of hydrogen-bond donors (Lipinski definition) is 1. The Balaban J connectivity index is 1.84. The molecule has 1 aromatic heterocycles. The monoisotopic (exact) mass is 370 g/mol. The molecule has 2 heterocycles. The molecule has 0 unspecified atom stereocenters. The number of rotatable bonds is 3. The topological polar surface area (TPSA) is 61.7 Å². The zero-order valence-electron chi connectivity index (χ0n) is 14.4. The van der Waals surface area contributed by atoms with Gasteiger partial charge in [-0.1, -0.05) is 23.7 Å². The van der Waals surface area contributed by atoms with Crippen LogP contribution in [0, 0.1) is 0 Å². The molecule has 0 bridgehead atoms. The van der Waals surface area contributed by atoms with Crippen LogP contribution in [0.2, 0.25) is 5.02 Å². The largest absolute Gasteiger partial charge is 0.507 e. The minimum absolute atomic E-state index is 0.157. The maximum atomic E-state index is 10.2. The molecule has 1 aliphatic rings. The molecule has 0 amide bonds. The van der Waals surface area contributed by atoms with Crippen molar-refractivity contribution >= 4 is 28.3 Å². The van der Waals surface area contributed by atoms with E-state index in [1.807, 2.05) is 35.4 Å². The first kappa shape index (κ1) is 17.0. The summed E-state index contributed by atoms with van der Waals surface area (Å²) >= 11 is 6.18. The number of aromatic nitrogens is 2. The van der Waals surface area contributed by atoms with Gasteiger partial charge in [0.05, 0.1) is 18.2 Å². The smallest absolute Gasteiger partial charge is 0.165 e. The molecule has 134 valence electrons. The number of phenols is 1. The van der Waals surface area contributed by atoms with Gasteiger partial charge in [-0.3, -0.25) is 0 Å². The second-order valence-corrected chi connectivity index (χ2v) is 6.58. The molecule has 2 aromatic carbocycles. The number of benzene rings is 2. The maximum Gasteiger partial charge on any atom is 0.165 e. The molecule has 7 heteroatoms. The van der Waals surface area contributed by atoms with E-state index in [4.69, 9.17) is 21.4 Å². The van der Waals surface area contributed by atoms with Gasteiger partial charge in [0.25, 0.3) is 0 Å². The number of hydrogen-bond acceptors (Lipinski definition) is 6. The summed E-state index contributed by atoms with van der Waals surface area (Å²) in [4.78, 5) is 17.0. The molecule has 1 aliphatic heterocycles. The lowest BCUT2D eigenvalue weighted by Crippen LogP contribution is -2.46. The average Bonchev–Trinajstić information content (AvgIpc) is 2.67. The molecule has 26 heavy (non-hydrogen) atoms. The molecule has 1 N–H and O–H groups in total. The number of para-hydroxylation sites is 1. The third-order valence-electron chi connectivity index (χ3n) is 4.58. The van der Waals surface area contributed by atoms with Gasteiger partial charge in [0.2, 0.25) is 0 Å². The van der Waals surface area contributed by atoms with Gasteiger partial charge in [-0.2, -0.15) is 5.06 Å². The fourth-order valence-corrected chi connectivity index (χ4v) is 3.36. The summed E-state index contributed by atoms with van der Waals surface area (Å²) in [7, 11) is 1.69. The van der Waals surface area contributed by atoms with Gasteiger partial charge in [-0.25, -0.2) is 9.97 Å². The molecule has 1 fully saturated rings. The van der Waals surface area contributed by atoms with Gasteiger partial charge in [-0.05, 0) is 30.3 Å². The van der Waals surface area contributed by atoms with Crippen LogP contribution in [0.1, 0.15) is 0 Å². The van der Waals surface area contributed by atoms with Crippen LogP contribution >= 0.6 is 11.6 Å². The fraction of sp³-hybridized carbons (Fsp3) is 0.263. The fourth-order valence-electron chi connectivity index (χ4n) is 3.19. The molecule has 4 rings (SSSR count). The normalized spacial score (nSPS) is 15.5. The van der Waals surface area contributed by atoms with Crippen molar-refractivity contribution in [2.75, 3.05) is 38.2 Å². The van der Waals surface area contributed by atoms with Crippen molar-refractivity contribution in [3.8, 4) is 17.1 Å². The van der Waals surface area contributed by atoms with Gasteiger partial charge in [-0.15, -0.1) is 0 Å². The highest BCUT2D eigenvalue weighted by Gasteiger charge is 2.21. The van der Waals surface area contributed by atoms with Crippen molar-refractivity contribution < 1.29 is 9.94 Å². The lowest BCUT2D eigenvalue weighted by Gasteiger charge is -2.34. The lowest BCUT2D eigenvalue weighted by molar-refractivity contribution is -0.133. The SMILES string of the molecule is CON1CCN(c2nc(-c3ccccc3O)nc3cc(Cl)ccc23)CC1. The number of aromatic hydroxyl groups is 1. The molecule has 0 saturated carbocycles. The summed E-state index contributed by atoms with van der Waals surface area (Å²) in [5.74, 6) is 1.49. The standard InChI is InChI=1S/C19H19ClN4O2/c1-26-24-10-8-23(9-11-24)19-14-7-6-13(20)12-16(14)21-18(22-19)15-4-2-3-5-17(15)25/h2-7,12,25H,8-11H2,1H3. The minimum atomic E-state index is 0.157. The van der Waals surface area contributed by atoms with Crippen LogP contribution in [0.25, 0.3) is 22.3 Å². The summed E-state index contributed by atoms with van der Waals surface area (Å²) in [6.45, 7) is 3.18. The van der Waals surface area contributed by atoms with E-state index in [1.165, 1.54) is 0 Å². The van der Waals surface area contributed by atoms with Crippen LogP contribution in [-0.2, 0) is 4.84 Å². The number of fused-ring (bicyclic) bond motifs is 1. The van der Waals surface area contributed by atoms with Gasteiger partial charge >= 0.3 is 0 Å². The number of nitrogens with zero attached hydrogens (tertiary/aromatic N) is 4. The van der Waals surface area contributed by atoms with Crippen molar-refractivity contribution in [2.24, 2.45) is 0 Å². The predicted molar refractivity (Wildman–Crippen MR) is 102 cm³/mol. The van der Waals surface area contributed by atoms with E-state index in [-0.39, 0.29) is 5.75 Å². The molecule has 0 radical (unpaired) electrons. The van der Waals surface area contributed by atoms with E-state index in [0.717, 1.165) is 42.9 Å². The zero-order valence-corrected chi connectivity index (χ0v) is 15.1. The Morgan fingerprint density at radius 3 is 2.54 bits per heavy atom. The minimum Gasteiger partial charge on any atom is -0.507 e. The maximum absolute atomic E-state index is 10.2.